The van der Waals surface area contributed by atoms with Gasteiger partial charge in [-0.2, -0.15) is 5.10 Å². The van der Waals surface area contributed by atoms with Crippen LogP contribution in [0.5, 0.6) is 11.5 Å². The molecule has 1 aromatic heterocycles. The molecule has 0 aliphatic rings. The molecule has 0 aliphatic heterocycles. The molecule has 0 fully saturated rings. The Morgan fingerprint density at radius 3 is 2.22 bits per heavy atom. The lowest BCUT2D eigenvalue weighted by Crippen LogP contribution is -2.07. The van der Waals surface area contributed by atoms with Gasteiger partial charge in [0.05, 0.1) is 32.2 Å². The number of carbonyl (C=O) groups is 1. The van der Waals surface area contributed by atoms with Gasteiger partial charge in [-0.25, -0.2) is 9.48 Å². The van der Waals surface area contributed by atoms with Gasteiger partial charge in [-0.3, -0.25) is 0 Å². The Balaban J connectivity index is 2.10. The van der Waals surface area contributed by atoms with Crippen molar-refractivity contribution < 1.29 is 19.0 Å². The van der Waals surface area contributed by atoms with Crippen LogP contribution in [-0.2, 0) is 4.74 Å². The van der Waals surface area contributed by atoms with E-state index in [9.17, 15) is 4.79 Å². The first-order valence-corrected chi connectivity index (χ1v) is 10.3. The summed E-state index contributed by atoms with van der Waals surface area (Å²) in [6.07, 6.45) is 0. The molecule has 0 N–H and O–H groups in total. The first kappa shape index (κ1) is 21.2. The lowest BCUT2D eigenvalue weighted by molar-refractivity contribution is 0.0520. The number of esters is 1. The van der Waals surface area contributed by atoms with E-state index in [0.29, 0.717) is 17.1 Å². The number of nitrogens with zero attached hydrogens (tertiary/aromatic N) is 2. The Hall–Kier alpha value is -4.06. The molecule has 6 heteroatoms. The molecule has 0 radical (unpaired) electrons. The summed E-state index contributed by atoms with van der Waals surface area (Å²) in [7, 11) is 3.22. The Bertz CT molecular complexity index is 1220. The van der Waals surface area contributed by atoms with E-state index in [2.05, 4.69) is 0 Å². The molecular formula is C26H24N2O4. The first-order valence-electron chi connectivity index (χ1n) is 10.3. The third kappa shape index (κ3) is 3.95. The summed E-state index contributed by atoms with van der Waals surface area (Å²) in [5.74, 6) is 0.798. The average Bonchev–Trinajstić information content (AvgIpc) is 3.25. The monoisotopic (exact) mass is 428 g/mol. The van der Waals surface area contributed by atoms with Crippen molar-refractivity contribution in [3.63, 3.8) is 0 Å². The Morgan fingerprint density at radius 1 is 0.906 bits per heavy atom. The van der Waals surface area contributed by atoms with Gasteiger partial charge in [0.2, 0.25) is 0 Å². The van der Waals surface area contributed by atoms with Gasteiger partial charge in [0.15, 0.2) is 5.69 Å². The van der Waals surface area contributed by atoms with E-state index >= 15 is 0 Å². The molecular weight excluding hydrogens is 404 g/mol. The van der Waals surface area contributed by atoms with Gasteiger partial charge in [0.25, 0.3) is 0 Å². The molecule has 0 bridgehead atoms. The summed E-state index contributed by atoms with van der Waals surface area (Å²) in [5, 5.41) is 4.73. The predicted octanol–water partition coefficient (Wildman–Crippen LogP) is 5.40. The molecule has 0 aliphatic carbocycles. The zero-order valence-corrected chi connectivity index (χ0v) is 18.2. The summed E-state index contributed by atoms with van der Waals surface area (Å²) in [6, 6.07) is 25.0. The number of rotatable bonds is 7. The van der Waals surface area contributed by atoms with E-state index in [1.807, 2.05) is 78.9 Å². The number of benzene rings is 3. The molecule has 0 amide bonds. The third-order valence-corrected chi connectivity index (χ3v) is 5.08. The summed E-state index contributed by atoms with van der Waals surface area (Å²) >= 11 is 0. The van der Waals surface area contributed by atoms with Gasteiger partial charge in [0, 0.05) is 17.2 Å². The van der Waals surface area contributed by atoms with Crippen molar-refractivity contribution in [2.45, 2.75) is 6.92 Å². The number of methoxy groups -OCH3 is 2. The van der Waals surface area contributed by atoms with Crippen molar-refractivity contribution in [2.75, 3.05) is 20.8 Å². The molecule has 162 valence electrons. The van der Waals surface area contributed by atoms with Crippen LogP contribution in [0.25, 0.3) is 28.1 Å². The standard InChI is InChI=1S/C26H24N2O4/c1-4-32-26(29)24-23(18-11-7-5-8-12-18)25(28(27-24)19-13-9-6-10-14-19)21-16-15-20(30-2)17-22(21)31-3/h5-17H,4H2,1-3H3. The van der Waals surface area contributed by atoms with Crippen molar-refractivity contribution in [1.29, 1.82) is 0 Å². The van der Waals surface area contributed by atoms with E-state index < -0.39 is 5.97 Å². The van der Waals surface area contributed by atoms with Gasteiger partial charge in [-0.1, -0.05) is 48.5 Å². The minimum Gasteiger partial charge on any atom is -0.497 e. The second-order valence-electron chi connectivity index (χ2n) is 6.97. The van der Waals surface area contributed by atoms with E-state index in [1.54, 1.807) is 25.8 Å². The van der Waals surface area contributed by atoms with Crippen LogP contribution in [0.4, 0.5) is 0 Å². The van der Waals surface area contributed by atoms with Gasteiger partial charge in [0.1, 0.15) is 11.5 Å². The minimum absolute atomic E-state index is 0.245. The highest BCUT2D eigenvalue weighted by molar-refractivity contribution is 6.01. The van der Waals surface area contributed by atoms with Crippen molar-refractivity contribution in [2.24, 2.45) is 0 Å². The van der Waals surface area contributed by atoms with Crippen molar-refractivity contribution in [1.82, 2.24) is 9.78 Å². The van der Waals surface area contributed by atoms with Crippen LogP contribution in [0.2, 0.25) is 0 Å². The molecule has 1 heterocycles. The van der Waals surface area contributed by atoms with Crippen LogP contribution >= 0.6 is 0 Å². The highest BCUT2D eigenvalue weighted by Gasteiger charge is 2.28. The molecule has 6 nitrogen and oxygen atoms in total. The summed E-state index contributed by atoms with van der Waals surface area (Å²) in [6.45, 7) is 2.04. The lowest BCUT2D eigenvalue weighted by Gasteiger charge is -2.15. The zero-order valence-electron chi connectivity index (χ0n) is 18.2. The van der Waals surface area contributed by atoms with Gasteiger partial charge in [-0.15, -0.1) is 0 Å². The number of hydrogen-bond donors (Lipinski definition) is 0. The molecule has 0 spiro atoms. The van der Waals surface area contributed by atoms with Crippen LogP contribution in [0.1, 0.15) is 17.4 Å². The molecule has 4 aromatic rings. The summed E-state index contributed by atoms with van der Waals surface area (Å²) < 4.78 is 18.2. The topological polar surface area (TPSA) is 62.6 Å². The largest absolute Gasteiger partial charge is 0.497 e. The number of ether oxygens (including phenoxy) is 3. The second-order valence-corrected chi connectivity index (χ2v) is 6.97. The number of hydrogen-bond acceptors (Lipinski definition) is 5. The fourth-order valence-corrected chi connectivity index (χ4v) is 3.64. The highest BCUT2D eigenvalue weighted by atomic mass is 16.5. The maximum Gasteiger partial charge on any atom is 0.359 e. The molecule has 32 heavy (non-hydrogen) atoms. The summed E-state index contributed by atoms with van der Waals surface area (Å²) in [5.41, 5.74) is 4.09. The first-order chi connectivity index (χ1) is 15.7. The molecule has 0 saturated carbocycles. The van der Waals surface area contributed by atoms with E-state index in [1.165, 1.54) is 0 Å². The van der Waals surface area contributed by atoms with Gasteiger partial charge in [-0.05, 0) is 36.8 Å². The second kappa shape index (κ2) is 9.39. The maximum atomic E-state index is 13.0. The van der Waals surface area contributed by atoms with Crippen LogP contribution in [-0.4, -0.2) is 36.6 Å². The third-order valence-electron chi connectivity index (χ3n) is 5.08. The number of aromatic nitrogens is 2. The average molecular weight is 428 g/mol. The molecule has 4 rings (SSSR count). The summed E-state index contributed by atoms with van der Waals surface area (Å²) in [4.78, 5) is 13.0. The Kier molecular flexibility index (Phi) is 6.22. The number of carbonyl (C=O) groups excluding carboxylic acids is 1. The smallest absolute Gasteiger partial charge is 0.359 e. The van der Waals surface area contributed by atoms with Crippen molar-refractivity contribution >= 4 is 5.97 Å². The normalized spacial score (nSPS) is 10.6. The maximum absolute atomic E-state index is 13.0. The lowest BCUT2D eigenvalue weighted by atomic mass is 9.97. The Morgan fingerprint density at radius 2 is 1.59 bits per heavy atom. The van der Waals surface area contributed by atoms with Gasteiger partial charge >= 0.3 is 5.97 Å². The molecule has 3 aromatic carbocycles. The van der Waals surface area contributed by atoms with Crippen LogP contribution in [0.15, 0.2) is 78.9 Å². The van der Waals surface area contributed by atoms with Crippen LogP contribution < -0.4 is 9.47 Å². The van der Waals surface area contributed by atoms with Crippen molar-refractivity contribution in [3.05, 3.63) is 84.6 Å². The molecule has 0 unspecified atom stereocenters. The number of para-hydroxylation sites is 1. The minimum atomic E-state index is -0.477. The molecule has 0 saturated heterocycles. The van der Waals surface area contributed by atoms with Crippen molar-refractivity contribution in [3.8, 4) is 39.6 Å². The fraction of sp³-hybridized carbons (Fsp3) is 0.154. The van der Waals surface area contributed by atoms with E-state index in [-0.39, 0.29) is 12.3 Å². The fourth-order valence-electron chi connectivity index (χ4n) is 3.64. The quantitative estimate of drug-likeness (QED) is 0.369. The van der Waals surface area contributed by atoms with E-state index in [0.717, 1.165) is 22.5 Å². The zero-order chi connectivity index (χ0) is 22.5. The predicted molar refractivity (Wildman–Crippen MR) is 123 cm³/mol. The van der Waals surface area contributed by atoms with Gasteiger partial charge < -0.3 is 14.2 Å². The highest BCUT2D eigenvalue weighted by Crippen LogP contribution is 2.42. The molecule has 0 atom stereocenters. The van der Waals surface area contributed by atoms with Crippen LogP contribution in [0.3, 0.4) is 0 Å². The van der Waals surface area contributed by atoms with Crippen LogP contribution in [0, 0.1) is 0 Å². The Labute approximate surface area is 187 Å². The SMILES string of the molecule is CCOC(=O)c1nn(-c2ccccc2)c(-c2ccc(OC)cc2OC)c1-c1ccccc1. The van der Waals surface area contributed by atoms with E-state index in [4.69, 9.17) is 19.3 Å².